The average Bonchev–Trinajstić information content (AvgIpc) is 3.28. The first-order valence-corrected chi connectivity index (χ1v) is 7.76. The summed E-state index contributed by atoms with van der Waals surface area (Å²) in [5, 5.41) is 4.06. The van der Waals surface area contributed by atoms with Crippen molar-refractivity contribution in [3.8, 4) is 11.7 Å². The molecule has 0 aromatic carbocycles. The first-order valence-electron chi connectivity index (χ1n) is 7.76. The molecule has 1 saturated carbocycles. The van der Waals surface area contributed by atoms with Gasteiger partial charge in [-0.2, -0.15) is 4.98 Å². The van der Waals surface area contributed by atoms with Gasteiger partial charge in [0.25, 0.3) is 5.89 Å². The second kappa shape index (κ2) is 5.34. The standard InChI is InChI=1S/C16H18N4O3/c1-10-11(18-14(22-10)12-5-4-8-21-12)9-13-19-15(20-23-13)16(17)6-2-3-7-16/h4-5,8H,2-3,6-7,9,17H2,1H3. The largest absolute Gasteiger partial charge is 0.459 e. The van der Waals surface area contributed by atoms with E-state index in [1.54, 1.807) is 18.4 Å². The Kier molecular flexibility index (Phi) is 3.30. The van der Waals surface area contributed by atoms with Gasteiger partial charge in [0.2, 0.25) is 5.89 Å². The summed E-state index contributed by atoms with van der Waals surface area (Å²) in [5.74, 6) is 2.85. The van der Waals surface area contributed by atoms with Crippen LogP contribution >= 0.6 is 0 Å². The maximum atomic E-state index is 6.35. The molecule has 3 aromatic rings. The fourth-order valence-electron chi connectivity index (χ4n) is 3.00. The minimum absolute atomic E-state index is 0.416. The molecule has 7 nitrogen and oxygen atoms in total. The molecule has 0 saturated heterocycles. The molecular formula is C16H18N4O3. The second-order valence-electron chi connectivity index (χ2n) is 6.05. The van der Waals surface area contributed by atoms with E-state index in [1.807, 2.05) is 6.92 Å². The van der Waals surface area contributed by atoms with Gasteiger partial charge >= 0.3 is 0 Å². The van der Waals surface area contributed by atoms with Crippen molar-refractivity contribution in [3.63, 3.8) is 0 Å². The van der Waals surface area contributed by atoms with Crippen LogP contribution in [-0.2, 0) is 12.0 Å². The molecule has 1 fully saturated rings. The summed E-state index contributed by atoms with van der Waals surface area (Å²) in [6, 6.07) is 3.60. The van der Waals surface area contributed by atoms with E-state index in [0.717, 1.165) is 31.4 Å². The molecule has 0 atom stereocenters. The maximum absolute atomic E-state index is 6.35. The number of furan rings is 1. The van der Waals surface area contributed by atoms with Crippen LogP contribution in [-0.4, -0.2) is 15.1 Å². The summed E-state index contributed by atoms with van der Waals surface area (Å²) in [7, 11) is 0. The molecule has 2 N–H and O–H groups in total. The van der Waals surface area contributed by atoms with Crippen molar-refractivity contribution in [2.75, 3.05) is 0 Å². The molecule has 1 aliphatic rings. The Bertz CT molecular complexity index is 797. The Hall–Kier alpha value is -2.41. The predicted octanol–water partition coefficient (Wildman–Crippen LogP) is 2.94. The Morgan fingerprint density at radius 2 is 2.09 bits per heavy atom. The lowest BCUT2D eigenvalue weighted by atomic mass is 9.99. The fraction of sp³-hybridized carbons (Fsp3) is 0.438. The van der Waals surface area contributed by atoms with Crippen LogP contribution in [0.4, 0.5) is 0 Å². The zero-order valence-electron chi connectivity index (χ0n) is 12.9. The van der Waals surface area contributed by atoms with Crippen LogP contribution in [0.2, 0.25) is 0 Å². The van der Waals surface area contributed by atoms with E-state index in [4.69, 9.17) is 19.1 Å². The molecular weight excluding hydrogens is 296 g/mol. The first-order chi connectivity index (χ1) is 11.1. The van der Waals surface area contributed by atoms with E-state index in [0.29, 0.717) is 35.5 Å². The number of hydrogen-bond acceptors (Lipinski definition) is 7. The topological polar surface area (TPSA) is 104 Å². The molecule has 3 aromatic heterocycles. The van der Waals surface area contributed by atoms with E-state index in [-0.39, 0.29) is 0 Å². The number of nitrogens with zero attached hydrogens (tertiary/aromatic N) is 3. The highest BCUT2D eigenvalue weighted by Crippen LogP contribution is 2.34. The highest BCUT2D eigenvalue weighted by Gasteiger charge is 2.36. The Morgan fingerprint density at radius 1 is 1.26 bits per heavy atom. The van der Waals surface area contributed by atoms with Crippen molar-refractivity contribution in [1.82, 2.24) is 15.1 Å². The lowest BCUT2D eigenvalue weighted by molar-refractivity contribution is 0.351. The van der Waals surface area contributed by atoms with Gasteiger partial charge in [-0.05, 0) is 31.9 Å². The number of aromatic nitrogens is 3. The third-order valence-corrected chi connectivity index (χ3v) is 4.35. The van der Waals surface area contributed by atoms with Crippen LogP contribution in [0.3, 0.4) is 0 Å². The second-order valence-corrected chi connectivity index (χ2v) is 6.05. The third-order valence-electron chi connectivity index (χ3n) is 4.35. The summed E-state index contributed by atoms with van der Waals surface area (Å²) >= 11 is 0. The first kappa shape index (κ1) is 14.2. The lowest BCUT2D eigenvalue weighted by Crippen LogP contribution is -2.34. The normalized spacial score (nSPS) is 17.0. The molecule has 0 spiro atoms. The summed E-state index contributed by atoms with van der Waals surface area (Å²) in [6.07, 6.45) is 6.01. The maximum Gasteiger partial charge on any atom is 0.263 e. The Morgan fingerprint density at radius 3 is 2.83 bits per heavy atom. The lowest BCUT2D eigenvalue weighted by Gasteiger charge is -2.17. The van der Waals surface area contributed by atoms with Gasteiger partial charge in [-0.15, -0.1) is 0 Å². The van der Waals surface area contributed by atoms with Gasteiger partial charge in [0, 0.05) is 0 Å². The van der Waals surface area contributed by atoms with Gasteiger partial charge in [-0.3, -0.25) is 0 Å². The van der Waals surface area contributed by atoms with Crippen molar-refractivity contribution in [2.24, 2.45) is 5.73 Å². The van der Waals surface area contributed by atoms with E-state index in [1.165, 1.54) is 0 Å². The average molecular weight is 314 g/mol. The molecule has 120 valence electrons. The number of oxazole rings is 1. The van der Waals surface area contributed by atoms with Crippen LogP contribution < -0.4 is 5.73 Å². The SMILES string of the molecule is Cc1oc(-c2ccco2)nc1Cc1nc(C2(N)CCCC2)no1. The number of rotatable bonds is 4. The highest BCUT2D eigenvalue weighted by molar-refractivity contribution is 5.44. The summed E-state index contributed by atoms with van der Waals surface area (Å²) in [5.41, 5.74) is 6.66. The van der Waals surface area contributed by atoms with Crippen LogP contribution in [0.1, 0.15) is 48.9 Å². The molecule has 4 rings (SSSR count). The molecule has 0 aliphatic heterocycles. The smallest absolute Gasteiger partial charge is 0.263 e. The molecule has 23 heavy (non-hydrogen) atoms. The van der Waals surface area contributed by atoms with Gasteiger partial charge in [-0.25, -0.2) is 4.98 Å². The molecule has 0 bridgehead atoms. The molecule has 7 heteroatoms. The van der Waals surface area contributed by atoms with Gasteiger partial charge in [-0.1, -0.05) is 18.0 Å². The van der Waals surface area contributed by atoms with E-state index in [2.05, 4.69) is 15.1 Å². The van der Waals surface area contributed by atoms with Gasteiger partial charge in [0.1, 0.15) is 5.76 Å². The van der Waals surface area contributed by atoms with E-state index >= 15 is 0 Å². The van der Waals surface area contributed by atoms with Crippen molar-refractivity contribution in [2.45, 2.75) is 44.6 Å². The van der Waals surface area contributed by atoms with Crippen LogP contribution in [0.25, 0.3) is 11.7 Å². The minimum atomic E-state index is -0.444. The quantitative estimate of drug-likeness (QED) is 0.789. The van der Waals surface area contributed by atoms with Crippen LogP contribution in [0, 0.1) is 6.92 Å². The van der Waals surface area contributed by atoms with E-state index < -0.39 is 5.54 Å². The van der Waals surface area contributed by atoms with Crippen molar-refractivity contribution in [3.05, 3.63) is 41.6 Å². The Labute approximate surface area is 132 Å². The third kappa shape index (κ3) is 2.57. The molecule has 0 amide bonds. The zero-order valence-corrected chi connectivity index (χ0v) is 12.9. The van der Waals surface area contributed by atoms with Gasteiger partial charge < -0.3 is 19.1 Å². The van der Waals surface area contributed by atoms with Gasteiger partial charge in [0.05, 0.1) is 23.9 Å². The van der Waals surface area contributed by atoms with Crippen LogP contribution in [0.15, 0.2) is 31.8 Å². The summed E-state index contributed by atoms with van der Waals surface area (Å²) in [6.45, 7) is 1.85. The van der Waals surface area contributed by atoms with Crippen molar-refractivity contribution >= 4 is 0 Å². The molecule has 0 radical (unpaired) electrons. The van der Waals surface area contributed by atoms with E-state index in [9.17, 15) is 0 Å². The Balaban J connectivity index is 1.56. The zero-order chi connectivity index (χ0) is 15.9. The molecule has 0 unspecified atom stereocenters. The summed E-state index contributed by atoms with van der Waals surface area (Å²) in [4.78, 5) is 8.92. The predicted molar refractivity (Wildman–Crippen MR) is 80.4 cm³/mol. The molecule has 3 heterocycles. The number of nitrogens with two attached hydrogens (primary N) is 1. The molecule has 1 aliphatic carbocycles. The summed E-state index contributed by atoms with van der Waals surface area (Å²) < 4.78 is 16.3. The highest BCUT2D eigenvalue weighted by atomic mass is 16.5. The number of hydrogen-bond donors (Lipinski definition) is 1. The monoisotopic (exact) mass is 314 g/mol. The van der Waals surface area contributed by atoms with Gasteiger partial charge in [0.15, 0.2) is 11.6 Å². The fourth-order valence-corrected chi connectivity index (χ4v) is 3.00. The van der Waals surface area contributed by atoms with Crippen molar-refractivity contribution in [1.29, 1.82) is 0 Å². The minimum Gasteiger partial charge on any atom is -0.459 e. The van der Waals surface area contributed by atoms with Crippen LogP contribution in [0.5, 0.6) is 0 Å². The van der Waals surface area contributed by atoms with Crippen molar-refractivity contribution < 1.29 is 13.4 Å². The number of aryl methyl sites for hydroxylation is 1.